The number of carbonyl (C=O) groups excluding carboxylic acids is 2. The maximum atomic E-state index is 13.6. The number of ether oxygens (including phenoxy) is 1. The van der Waals surface area contributed by atoms with Gasteiger partial charge in [-0.25, -0.2) is 4.90 Å². The van der Waals surface area contributed by atoms with Gasteiger partial charge >= 0.3 is 0 Å². The van der Waals surface area contributed by atoms with Crippen LogP contribution >= 0.6 is 11.6 Å². The number of carbonyl (C=O) groups is 2. The molecule has 1 N–H and O–H groups in total. The minimum Gasteiger partial charge on any atom is -0.495 e. The zero-order chi connectivity index (χ0) is 22.1. The molecule has 0 radical (unpaired) electrons. The van der Waals surface area contributed by atoms with Crippen molar-refractivity contribution >= 4 is 40.4 Å². The predicted octanol–water partition coefficient (Wildman–Crippen LogP) is 5.36. The molecule has 6 heteroatoms. The third-order valence-electron chi connectivity index (χ3n) is 5.17. The Bertz CT molecular complexity index is 1220. The zero-order valence-corrected chi connectivity index (χ0v) is 18.2. The molecule has 5 nitrogen and oxygen atoms in total. The van der Waals surface area contributed by atoms with E-state index in [1.165, 1.54) is 12.0 Å². The van der Waals surface area contributed by atoms with Crippen LogP contribution in [0.15, 0.2) is 72.4 Å². The van der Waals surface area contributed by atoms with Crippen molar-refractivity contribution in [3.05, 3.63) is 94.1 Å². The number of benzene rings is 3. The Balaban J connectivity index is 1.87. The molecule has 1 aliphatic heterocycles. The molecule has 0 atom stereocenters. The lowest BCUT2D eigenvalue weighted by atomic mass is 10.0. The fourth-order valence-corrected chi connectivity index (χ4v) is 3.78. The summed E-state index contributed by atoms with van der Waals surface area (Å²) in [6.45, 7) is 3.80. The van der Waals surface area contributed by atoms with Gasteiger partial charge in [-0.05, 0) is 54.8 Å². The highest BCUT2D eigenvalue weighted by atomic mass is 35.5. The SMILES string of the molecule is COc1ccc(Cl)cc1NC1=C(c2ccccc2)C(=O)N(c2cc(C)ccc2C)C1=O. The summed E-state index contributed by atoms with van der Waals surface area (Å²) in [6, 6.07) is 19.9. The van der Waals surface area contributed by atoms with Crippen LogP contribution in [0.25, 0.3) is 5.57 Å². The van der Waals surface area contributed by atoms with Crippen molar-refractivity contribution < 1.29 is 14.3 Å². The van der Waals surface area contributed by atoms with E-state index >= 15 is 0 Å². The van der Waals surface area contributed by atoms with Crippen LogP contribution in [0.3, 0.4) is 0 Å². The van der Waals surface area contributed by atoms with Gasteiger partial charge in [0.05, 0.1) is 24.1 Å². The second kappa shape index (κ2) is 8.28. The number of anilines is 2. The lowest BCUT2D eigenvalue weighted by Crippen LogP contribution is -2.33. The van der Waals surface area contributed by atoms with Crippen molar-refractivity contribution in [2.45, 2.75) is 13.8 Å². The molecule has 0 spiro atoms. The van der Waals surface area contributed by atoms with Gasteiger partial charge in [0.25, 0.3) is 11.8 Å². The number of hydrogen-bond donors (Lipinski definition) is 1. The lowest BCUT2D eigenvalue weighted by molar-refractivity contribution is -0.120. The van der Waals surface area contributed by atoms with Gasteiger partial charge in [0.1, 0.15) is 11.4 Å². The first kappa shape index (κ1) is 20.7. The van der Waals surface area contributed by atoms with E-state index in [4.69, 9.17) is 16.3 Å². The molecule has 0 fully saturated rings. The van der Waals surface area contributed by atoms with Crippen molar-refractivity contribution in [2.75, 3.05) is 17.3 Å². The average Bonchev–Trinajstić information content (AvgIpc) is 3.00. The number of nitrogens with zero attached hydrogens (tertiary/aromatic N) is 1. The van der Waals surface area contributed by atoms with Crippen LogP contribution in [0, 0.1) is 13.8 Å². The number of aryl methyl sites for hydroxylation is 2. The Kier molecular flexibility index (Phi) is 5.53. The largest absolute Gasteiger partial charge is 0.495 e. The van der Waals surface area contributed by atoms with E-state index in [2.05, 4.69) is 5.32 Å². The number of methoxy groups -OCH3 is 1. The first-order valence-electron chi connectivity index (χ1n) is 9.77. The van der Waals surface area contributed by atoms with Gasteiger partial charge in [-0.1, -0.05) is 54.1 Å². The summed E-state index contributed by atoms with van der Waals surface area (Å²) in [5, 5.41) is 3.60. The molecule has 0 aromatic heterocycles. The van der Waals surface area contributed by atoms with Crippen LogP contribution in [0.2, 0.25) is 5.02 Å². The first-order chi connectivity index (χ1) is 14.9. The zero-order valence-electron chi connectivity index (χ0n) is 17.4. The fraction of sp³-hybridized carbons (Fsp3) is 0.120. The Morgan fingerprint density at radius 2 is 1.65 bits per heavy atom. The molecule has 0 saturated carbocycles. The number of hydrogen-bond acceptors (Lipinski definition) is 4. The average molecular weight is 433 g/mol. The highest BCUT2D eigenvalue weighted by Gasteiger charge is 2.41. The quantitative estimate of drug-likeness (QED) is 0.551. The van der Waals surface area contributed by atoms with Gasteiger partial charge < -0.3 is 10.1 Å². The molecule has 1 aliphatic rings. The van der Waals surface area contributed by atoms with Crippen LogP contribution in [-0.2, 0) is 9.59 Å². The molecule has 3 aromatic rings. The van der Waals surface area contributed by atoms with Gasteiger partial charge in [0, 0.05) is 5.02 Å². The number of nitrogens with one attached hydrogen (secondary N) is 1. The molecule has 31 heavy (non-hydrogen) atoms. The fourth-order valence-electron chi connectivity index (χ4n) is 3.61. The predicted molar refractivity (Wildman–Crippen MR) is 123 cm³/mol. The van der Waals surface area contributed by atoms with E-state index in [0.29, 0.717) is 33.3 Å². The van der Waals surface area contributed by atoms with Gasteiger partial charge in [0.2, 0.25) is 0 Å². The minimum atomic E-state index is -0.431. The number of amides is 2. The Hall–Kier alpha value is -3.57. The van der Waals surface area contributed by atoms with Crippen LogP contribution in [0.1, 0.15) is 16.7 Å². The maximum absolute atomic E-state index is 13.6. The third kappa shape index (κ3) is 3.80. The van der Waals surface area contributed by atoms with Crippen LogP contribution in [-0.4, -0.2) is 18.9 Å². The highest BCUT2D eigenvalue weighted by Crippen LogP contribution is 2.37. The number of imide groups is 1. The molecule has 156 valence electrons. The Labute approximate surface area is 185 Å². The summed E-state index contributed by atoms with van der Waals surface area (Å²) in [5.41, 5.74) is 3.99. The van der Waals surface area contributed by atoms with Crippen LogP contribution in [0.4, 0.5) is 11.4 Å². The summed E-state index contributed by atoms with van der Waals surface area (Å²) >= 11 is 6.17. The van der Waals surface area contributed by atoms with E-state index in [0.717, 1.165) is 11.1 Å². The first-order valence-corrected chi connectivity index (χ1v) is 10.1. The highest BCUT2D eigenvalue weighted by molar-refractivity contribution is 6.46. The van der Waals surface area contributed by atoms with E-state index in [1.807, 2.05) is 62.4 Å². The molecule has 0 saturated heterocycles. The third-order valence-corrected chi connectivity index (χ3v) is 5.41. The summed E-state index contributed by atoms with van der Waals surface area (Å²) in [4.78, 5) is 28.3. The van der Waals surface area contributed by atoms with Crippen LogP contribution < -0.4 is 15.0 Å². The van der Waals surface area contributed by atoms with E-state index in [1.54, 1.807) is 18.2 Å². The summed E-state index contributed by atoms with van der Waals surface area (Å²) < 4.78 is 5.41. The Morgan fingerprint density at radius 3 is 2.35 bits per heavy atom. The van der Waals surface area contributed by atoms with Crippen LogP contribution in [0.5, 0.6) is 5.75 Å². The topological polar surface area (TPSA) is 58.6 Å². The van der Waals surface area contributed by atoms with Gasteiger partial charge in [-0.3, -0.25) is 9.59 Å². The second-order valence-electron chi connectivity index (χ2n) is 7.32. The van der Waals surface area contributed by atoms with E-state index < -0.39 is 5.91 Å². The van der Waals surface area contributed by atoms with E-state index in [9.17, 15) is 9.59 Å². The molecule has 3 aromatic carbocycles. The van der Waals surface area contributed by atoms with Crippen molar-refractivity contribution in [1.82, 2.24) is 0 Å². The summed E-state index contributed by atoms with van der Waals surface area (Å²) in [7, 11) is 1.53. The van der Waals surface area contributed by atoms with Crippen molar-refractivity contribution in [3.8, 4) is 5.75 Å². The molecule has 1 heterocycles. The van der Waals surface area contributed by atoms with Crippen molar-refractivity contribution in [3.63, 3.8) is 0 Å². The lowest BCUT2D eigenvalue weighted by Gasteiger charge is -2.18. The number of rotatable bonds is 5. The van der Waals surface area contributed by atoms with Gasteiger partial charge in [-0.15, -0.1) is 0 Å². The molecule has 2 amide bonds. The van der Waals surface area contributed by atoms with Crippen molar-refractivity contribution in [1.29, 1.82) is 0 Å². The van der Waals surface area contributed by atoms with E-state index in [-0.39, 0.29) is 11.6 Å². The normalized spacial score (nSPS) is 13.7. The Morgan fingerprint density at radius 1 is 0.903 bits per heavy atom. The molecular weight excluding hydrogens is 412 g/mol. The minimum absolute atomic E-state index is 0.178. The van der Waals surface area contributed by atoms with Gasteiger partial charge in [-0.2, -0.15) is 0 Å². The summed E-state index contributed by atoms with van der Waals surface area (Å²) in [5.74, 6) is -0.303. The molecule has 0 unspecified atom stereocenters. The standard InChI is InChI=1S/C25H21ClN2O3/c1-15-9-10-16(2)20(13-15)28-24(29)22(17-7-5-4-6-8-17)23(25(28)30)27-19-14-18(26)11-12-21(19)31-3/h4-14,27H,1-3H3. The molecule has 4 rings (SSSR count). The maximum Gasteiger partial charge on any atom is 0.282 e. The second-order valence-corrected chi connectivity index (χ2v) is 7.76. The smallest absolute Gasteiger partial charge is 0.282 e. The molecule has 0 bridgehead atoms. The monoisotopic (exact) mass is 432 g/mol. The van der Waals surface area contributed by atoms with Crippen molar-refractivity contribution in [2.24, 2.45) is 0 Å². The molecular formula is C25H21ClN2O3. The van der Waals surface area contributed by atoms with Gasteiger partial charge in [0.15, 0.2) is 0 Å². The summed E-state index contributed by atoms with van der Waals surface area (Å²) in [6.07, 6.45) is 0. The number of halogens is 1. The molecule has 0 aliphatic carbocycles.